The SMILES string of the molecule is CC1CCc2sc(C(=O)NNC(=O)NCC(=O)NCc3ccco3)cc2C1. The minimum atomic E-state index is -0.661. The second-order valence-corrected chi connectivity index (χ2v) is 7.66. The van der Waals surface area contributed by atoms with Gasteiger partial charge in [0.15, 0.2) is 0 Å². The summed E-state index contributed by atoms with van der Waals surface area (Å²) in [7, 11) is 0. The fraction of sp³-hybridized carbons (Fsp3) is 0.389. The summed E-state index contributed by atoms with van der Waals surface area (Å²) in [6.07, 6.45) is 4.63. The monoisotopic (exact) mass is 390 g/mol. The van der Waals surface area contributed by atoms with Gasteiger partial charge >= 0.3 is 6.03 Å². The highest BCUT2D eigenvalue weighted by molar-refractivity contribution is 7.14. The molecule has 3 rings (SSSR count). The molecule has 8 nitrogen and oxygen atoms in total. The molecule has 1 aliphatic carbocycles. The van der Waals surface area contributed by atoms with Gasteiger partial charge in [-0.25, -0.2) is 10.2 Å². The predicted molar refractivity (Wildman–Crippen MR) is 100 cm³/mol. The first-order chi connectivity index (χ1) is 13.0. The molecule has 4 amide bonds. The molecule has 2 aromatic heterocycles. The van der Waals surface area contributed by atoms with E-state index < -0.39 is 6.03 Å². The quantitative estimate of drug-likeness (QED) is 0.582. The fourth-order valence-electron chi connectivity index (χ4n) is 2.86. The van der Waals surface area contributed by atoms with Crippen LogP contribution < -0.4 is 21.5 Å². The summed E-state index contributed by atoms with van der Waals surface area (Å²) in [4.78, 5) is 37.4. The van der Waals surface area contributed by atoms with Gasteiger partial charge in [-0.3, -0.25) is 15.0 Å². The maximum Gasteiger partial charge on any atom is 0.333 e. The van der Waals surface area contributed by atoms with E-state index in [0.717, 1.165) is 19.3 Å². The Morgan fingerprint density at radius 1 is 1.26 bits per heavy atom. The van der Waals surface area contributed by atoms with Crippen LogP contribution >= 0.6 is 11.3 Å². The van der Waals surface area contributed by atoms with Gasteiger partial charge in [-0.2, -0.15) is 0 Å². The Bertz CT molecular complexity index is 815. The van der Waals surface area contributed by atoms with Crippen LogP contribution in [0.4, 0.5) is 4.79 Å². The maximum atomic E-state index is 12.2. The second-order valence-electron chi connectivity index (χ2n) is 6.52. The number of thiophene rings is 1. The van der Waals surface area contributed by atoms with Crippen molar-refractivity contribution in [3.05, 3.63) is 45.5 Å². The Morgan fingerprint density at radius 3 is 2.89 bits per heavy atom. The van der Waals surface area contributed by atoms with Crippen LogP contribution in [0.3, 0.4) is 0 Å². The van der Waals surface area contributed by atoms with Gasteiger partial charge in [0, 0.05) is 4.88 Å². The van der Waals surface area contributed by atoms with E-state index in [2.05, 4.69) is 28.4 Å². The normalized spacial score (nSPS) is 15.5. The fourth-order valence-corrected chi connectivity index (χ4v) is 3.96. The molecule has 2 aromatic rings. The van der Waals surface area contributed by atoms with Crippen LogP contribution in [0.1, 0.15) is 39.2 Å². The molecule has 1 atom stereocenters. The molecule has 1 aliphatic rings. The van der Waals surface area contributed by atoms with Crippen molar-refractivity contribution >= 4 is 29.2 Å². The Hall–Kier alpha value is -2.81. The van der Waals surface area contributed by atoms with E-state index >= 15 is 0 Å². The van der Waals surface area contributed by atoms with Crippen LogP contribution in [0.25, 0.3) is 0 Å². The minimum Gasteiger partial charge on any atom is -0.467 e. The molecule has 0 aromatic carbocycles. The van der Waals surface area contributed by atoms with Crippen LogP contribution in [0, 0.1) is 5.92 Å². The van der Waals surface area contributed by atoms with E-state index in [-0.39, 0.29) is 24.9 Å². The van der Waals surface area contributed by atoms with Gasteiger partial charge in [0.05, 0.1) is 24.2 Å². The van der Waals surface area contributed by atoms with Gasteiger partial charge < -0.3 is 15.1 Å². The Kier molecular flexibility index (Phi) is 6.12. The van der Waals surface area contributed by atoms with Gasteiger partial charge in [0.25, 0.3) is 5.91 Å². The molecular weight excluding hydrogens is 368 g/mol. The van der Waals surface area contributed by atoms with E-state index in [4.69, 9.17) is 4.42 Å². The molecule has 0 radical (unpaired) electrons. The largest absolute Gasteiger partial charge is 0.467 e. The zero-order chi connectivity index (χ0) is 19.2. The Morgan fingerprint density at radius 2 is 2.11 bits per heavy atom. The number of hydrogen-bond acceptors (Lipinski definition) is 5. The standard InChI is InChI=1S/C18H22N4O4S/c1-11-4-5-14-12(7-11)8-15(27-14)17(24)21-22-18(25)20-10-16(23)19-9-13-3-2-6-26-13/h2-3,6,8,11H,4-5,7,9-10H2,1H3,(H,19,23)(H,21,24)(H2,20,22,25). The molecule has 4 N–H and O–H groups in total. The number of fused-ring (bicyclic) bond motifs is 1. The molecule has 0 saturated heterocycles. The average Bonchev–Trinajstić information content (AvgIpc) is 3.31. The van der Waals surface area contributed by atoms with Gasteiger partial charge in [-0.05, 0) is 48.9 Å². The molecule has 0 fully saturated rings. The summed E-state index contributed by atoms with van der Waals surface area (Å²) in [5, 5.41) is 4.97. The second kappa shape index (κ2) is 8.72. The smallest absolute Gasteiger partial charge is 0.333 e. The Labute approximate surface area is 160 Å². The van der Waals surface area contributed by atoms with Crippen molar-refractivity contribution in [1.29, 1.82) is 0 Å². The van der Waals surface area contributed by atoms with Crippen LogP contribution in [0.5, 0.6) is 0 Å². The molecule has 1 unspecified atom stereocenters. The number of rotatable bonds is 5. The highest BCUT2D eigenvalue weighted by Gasteiger charge is 2.20. The zero-order valence-corrected chi connectivity index (χ0v) is 15.8. The third-order valence-electron chi connectivity index (χ3n) is 4.29. The summed E-state index contributed by atoms with van der Waals surface area (Å²) < 4.78 is 5.09. The third-order valence-corrected chi connectivity index (χ3v) is 5.53. The van der Waals surface area contributed by atoms with Crippen molar-refractivity contribution in [1.82, 2.24) is 21.5 Å². The molecule has 9 heteroatoms. The number of carbonyl (C=O) groups is 3. The molecule has 0 saturated carbocycles. The van der Waals surface area contributed by atoms with Gasteiger partial charge in [-0.1, -0.05) is 6.92 Å². The van der Waals surface area contributed by atoms with E-state index in [1.807, 2.05) is 6.07 Å². The topological polar surface area (TPSA) is 112 Å². The molecule has 0 spiro atoms. The Balaban J connectivity index is 1.37. The number of carbonyl (C=O) groups excluding carboxylic acids is 3. The van der Waals surface area contributed by atoms with Crippen molar-refractivity contribution in [2.75, 3.05) is 6.54 Å². The lowest BCUT2D eigenvalue weighted by atomic mass is 9.90. The summed E-state index contributed by atoms with van der Waals surface area (Å²) in [6, 6.07) is 4.69. The molecule has 0 aliphatic heterocycles. The lowest BCUT2D eigenvalue weighted by Gasteiger charge is -2.16. The molecular formula is C18H22N4O4S. The van der Waals surface area contributed by atoms with Crippen LogP contribution in [-0.2, 0) is 24.2 Å². The number of urea groups is 1. The summed E-state index contributed by atoms with van der Waals surface area (Å²) in [6.45, 7) is 2.23. The number of furan rings is 1. The highest BCUT2D eigenvalue weighted by atomic mass is 32.1. The molecule has 2 heterocycles. The minimum absolute atomic E-state index is 0.215. The highest BCUT2D eigenvalue weighted by Crippen LogP contribution is 2.32. The number of nitrogens with one attached hydrogen (secondary N) is 4. The van der Waals surface area contributed by atoms with Crippen molar-refractivity contribution in [2.24, 2.45) is 5.92 Å². The third kappa shape index (κ3) is 5.33. The van der Waals surface area contributed by atoms with E-state index in [1.54, 1.807) is 12.1 Å². The van der Waals surface area contributed by atoms with E-state index in [1.165, 1.54) is 28.0 Å². The summed E-state index contributed by atoms with van der Waals surface area (Å²) in [5.41, 5.74) is 5.84. The van der Waals surface area contributed by atoms with Crippen molar-refractivity contribution in [3.8, 4) is 0 Å². The lowest BCUT2D eigenvalue weighted by Crippen LogP contribution is -2.49. The van der Waals surface area contributed by atoms with Crippen molar-refractivity contribution < 1.29 is 18.8 Å². The predicted octanol–water partition coefficient (Wildman–Crippen LogP) is 1.73. The van der Waals surface area contributed by atoms with Gasteiger partial charge in [-0.15, -0.1) is 11.3 Å². The average molecular weight is 390 g/mol. The first kappa shape index (κ1) is 19.0. The molecule has 144 valence electrons. The zero-order valence-electron chi connectivity index (χ0n) is 15.0. The number of hydrazine groups is 1. The maximum absolute atomic E-state index is 12.2. The number of hydrogen-bond donors (Lipinski definition) is 4. The van der Waals surface area contributed by atoms with Crippen LogP contribution in [0.2, 0.25) is 0 Å². The summed E-state index contributed by atoms with van der Waals surface area (Å²) in [5.74, 6) is 0.520. The van der Waals surface area contributed by atoms with Crippen LogP contribution in [-0.4, -0.2) is 24.4 Å². The molecule has 0 bridgehead atoms. The lowest BCUT2D eigenvalue weighted by molar-refractivity contribution is -0.120. The van der Waals surface area contributed by atoms with E-state index in [9.17, 15) is 14.4 Å². The first-order valence-corrected chi connectivity index (χ1v) is 9.57. The number of aryl methyl sites for hydroxylation is 1. The van der Waals surface area contributed by atoms with Crippen molar-refractivity contribution in [2.45, 2.75) is 32.7 Å². The van der Waals surface area contributed by atoms with Gasteiger partial charge in [0.2, 0.25) is 5.91 Å². The van der Waals surface area contributed by atoms with Gasteiger partial charge in [0.1, 0.15) is 5.76 Å². The molecule has 27 heavy (non-hydrogen) atoms. The van der Waals surface area contributed by atoms with E-state index in [0.29, 0.717) is 16.6 Å². The summed E-state index contributed by atoms with van der Waals surface area (Å²) >= 11 is 1.46. The van der Waals surface area contributed by atoms with Crippen LogP contribution in [0.15, 0.2) is 28.9 Å². The van der Waals surface area contributed by atoms with Crippen molar-refractivity contribution in [3.63, 3.8) is 0 Å². The number of amides is 4. The first-order valence-electron chi connectivity index (χ1n) is 8.76.